The smallest absolute Gasteiger partial charge is 0.147 e. The molecule has 0 atom stereocenters. The summed E-state index contributed by atoms with van der Waals surface area (Å²) in [6.45, 7) is 4.16. The number of rotatable bonds is 6. The zero-order chi connectivity index (χ0) is 14.4. The Morgan fingerprint density at radius 2 is 1.95 bits per heavy atom. The van der Waals surface area contributed by atoms with Crippen LogP contribution in [0.1, 0.15) is 24.7 Å². The van der Waals surface area contributed by atoms with Gasteiger partial charge >= 0.3 is 0 Å². The van der Waals surface area contributed by atoms with Crippen LogP contribution in [-0.4, -0.2) is 15.7 Å². The second kappa shape index (κ2) is 7.26. The minimum absolute atomic E-state index is 0.700. The summed E-state index contributed by atoms with van der Waals surface area (Å²) < 4.78 is 0. The van der Waals surface area contributed by atoms with Crippen molar-refractivity contribution in [2.45, 2.75) is 26.0 Å². The second-order valence-corrected chi connectivity index (χ2v) is 5.63. The molecule has 0 bridgehead atoms. The van der Waals surface area contributed by atoms with Crippen LogP contribution in [0.15, 0.2) is 30.3 Å². The lowest BCUT2D eigenvalue weighted by Gasteiger charge is -2.12. The lowest BCUT2D eigenvalue weighted by atomic mass is 10.1. The number of hydrogen-bond acceptors (Lipinski definition) is 5. The number of anilines is 1. The molecule has 0 radical (unpaired) electrons. The predicted octanol–water partition coefficient (Wildman–Crippen LogP) is 3.38. The average molecular weight is 288 g/mol. The lowest BCUT2D eigenvalue weighted by molar-refractivity contribution is 1.01. The highest BCUT2D eigenvalue weighted by molar-refractivity contribution is 7.98. The molecular weight excluding hydrogens is 268 g/mol. The number of nitrogens with one attached hydrogen (secondary N) is 1. The van der Waals surface area contributed by atoms with Gasteiger partial charge in [0.2, 0.25) is 0 Å². The molecule has 20 heavy (non-hydrogen) atoms. The molecule has 0 saturated heterocycles. The minimum atomic E-state index is 0.700. The first-order chi connectivity index (χ1) is 9.76. The zero-order valence-corrected chi connectivity index (χ0v) is 12.7. The van der Waals surface area contributed by atoms with E-state index in [1.54, 1.807) is 0 Å². The monoisotopic (exact) mass is 288 g/mol. The summed E-state index contributed by atoms with van der Waals surface area (Å²) in [5.74, 6) is 9.02. The van der Waals surface area contributed by atoms with Crippen molar-refractivity contribution in [1.82, 2.24) is 9.97 Å². The molecular formula is C15H20N4S. The number of nitrogens with zero attached hydrogens (tertiary/aromatic N) is 2. The Labute approximate surface area is 124 Å². The fourth-order valence-electron chi connectivity index (χ4n) is 1.95. The molecule has 106 valence electrons. The molecule has 0 aliphatic heterocycles. The summed E-state index contributed by atoms with van der Waals surface area (Å²) in [7, 11) is 0. The molecule has 1 aromatic heterocycles. The molecule has 0 fully saturated rings. The number of thioether (sulfide) groups is 1. The van der Waals surface area contributed by atoms with Gasteiger partial charge < -0.3 is 5.43 Å². The van der Waals surface area contributed by atoms with Crippen molar-refractivity contribution in [1.29, 1.82) is 0 Å². The van der Waals surface area contributed by atoms with Crippen LogP contribution in [0.2, 0.25) is 0 Å². The average Bonchev–Trinajstić information content (AvgIpc) is 2.49. The maximum Gasteiger partial charge on any atom is 0.147 e. The van der Waals surface area contributed by atoms with Crippen LogP contribution in [-0.2, 0) is 5.75 Å². The highest BCUT2D eigenvalue weighted by atomic mass is 32.2. The van der Waals surface area contributed by atoms with Gasteiger partial charge in [-0.2, -0.15) is 11.8 Å². The van der Waals surface area contributed by atoms with Gasteiger partial charge in [-0.25, -0.2) is 15.8 Å². The number of aromatic nitrogens is 2. The van der Waals surface area contributed by atoms with E-state index in [9.17, 15) is 0 Å². The summed E-state index contributed by atoms with van der Waals surface area (Å²) in [4.78, 5) is 9.18. The van der Waals surface area contributed by atoms with Gasteiger partial charge in [0.25, 0.3) is 0 Å². The van der Waals surface area contributed by atoms with Crippen molar-refractivity contribution in [2.75, 3.05) is 11.2 Å². The number of benzene rings is 1. The molecule has 3 N–H and O–H groups in total. The Balaban J connectivity index is 2.37. The summed E-state index contributed by atoms with van der Waals surface area (Å²) in [5, 5.41) is 0. The van der Waals surface area contributed by atoms with Gasteiger partial charge in [-0.3, -0.25) is 0 Å². The van der Waals surface area contributed by atoms with Gasteiger partial charge in [0, 0.05) is 11.1 Å². The fourth-order valence-corrected chi connectivity index (χ4v) is 2.70. The van der Waals surface area contributed by atoms with E-state index in [0.717, 1.165) is 40.6 Å². The highest BCUT2D eigenvalue weighted by Crippen LogP contribution is 2.26. The van der Waals surface area contributed by atoms with E-state index in [1.165, 1.54) is 0 Å². The van der Waals surface area contributed by atoms with Crippen LogP contribution in [0.25, 0.3) is 11.3 Å². The van der Waals surface area contributed by atoms with Crippen LogP contribution in [0, 0.1) is 6.92 Å². The molecule has 5 heteroatoms. The molecule has 0 amide bonds. The van der Waals surface area contributed by atoms with Crippen molar-refractivity contribution in [3.05, 3.63) is 41.7 Å². The maximum atomic E-state index is 5.57. The number of hydrazine groups is 1. The molecule has 0 aliphatic rings. The first-order valence-electron chi connectivity index (χ1n) is 6.73. The van der Waals surface area contributed by atoms with Crippen molar-refractivity contribution < 1.29 is 0 Å². The van der Waals surface area contributed by atoms with Gasteiger partial charge in [0.15, 0.2) is 0 Å². The molecule has 4 nitrogen and oxygen atoms in total. The molecule has 1 aromatic carbocycles. The van der Waals surface area contributed by atoms with E-state index in [4.69, 9.17) is 10.8 Å². The van der Waals surface area contributed by atoms with Crippen LogP contribution in [0.5, 0.6) is 0 Å². The minimum Gasteiger partial charge on any atom is -0.308 e. The van der Waals surface area contributed by atoms with Gasteiger partial charge in [-0.05, 0) is 19.1 Å². The fraction of sp³-hybridized carbons (Fsp3) is 0.333. The number of nitrogens with two attached hydrogens (primary N) is 1. The van der Waals surface area contributed by atoms with E-state index in [0.29, 0.717) is 5.82 Å². The quantitative estimate of drug-likeness (QED) is 0.484. The van der Waals surface area contributed by atoms with Gasteiger partial charge in [-0.15, -0.1) is 0 Å². The molecule has 1 heterocycles. The molecule has 0 spiro atoms. The van der Waals surface area contributed by atoms with Gasteiger partial charge in [-0.1, -0.05) is 37.3 Å². The number of nitrogen functional groups attached to an aromatic ring is 1. The van der Waals surface area contributed by atoms with E-state index >= 15 is 0 Å². The molecule has 2 aromatic rings. The summed E-state index contributed by atoms with van der Waals surface area (Å²) in [6, 6.07) is 10.1. The topological polar surface area (TPSA) is 63.8 Å². The van der Waals surface area contributed by atoms with E-state index in [-0.39, 0.29) is 0 Å². The van der Waals surface area contributed by atoms with Gasteiger partial charge in [0.05, 0.1) is 11.4 Å². The first kappa shape index (κ1) is 14.8. The Morgan fingerprint density at radius 3 is 2.60 bits per heavy atom. The SMILES string of the molecule is CCCSCc1nc(NN)c(C)c(-c2ccccc2)n1. The molecule has 2 rings (SSSR count). The van der Waals surface area contributed by atoms with Crippen molar-refractivity contribution in [2.24, 2.45) is 5.84 Å². The maximum absolute atomic E-state index is 5.57. The highest BCUT2D eigenvalue weighted by Gasteiger charge is 2.11. The second-order valence-electron chi connectivity index (χ2n) is 4.52. The van der Waals surface area contributed by atoms with E-state index in [1.807, 2.05) is 36.9 Å². The van der Waals surface area contributed by atoms with E-state index in [2.05, 4.69) is 29.5 Å². The number of hydrogen-bond donors (Lipinski definition) is 2. The normalized spacial score (nSPS) is 10.6. The third-order valence-electron chi connectivity index (χ3n) is 2.96. The van der Waals surface area contributed by atoms with Gasteiger partial charge in [0.1, 0.15) is 11.6 Å². The summed E-state index contributed by atoms with van der Waals surface area (Å²) >= 11 is 1.84. The van der Waals surface area contributed by atoms with Crippen molar-refractivity contribution >= 4 is 17.6 Å². The van der Waals surface area contributed by atoms with E-state index < -0.39 is 0 Å². The third kappa shape index (κ3) is 3.49. The Bertz CT molecular complexity index is 557. The largest absolute Gasteiger partial charge is 0.308 e. The van der Waals surface area contributed by atoms with Crippen molar-refractivity contribution in [3.63, 3.8) is 0 Å². The zero-order valence-electron chi connectivity index (χ0n) is 11.9. The Hall–Kier alpha value is -1.59. The molecule has 0 aliphatic carbocycles. The third-order valence-corrected chi connectivity index (χ3v) is 4.11. The summed E-state index contributed by atoms with van der Waals surface area (Å²) in [5.41, 5.74) is 5.68. The summed E-state index contributed by atoms with van der Waals surface area (Å²) in [6.07, 6.45) is 1.16. The lowest BCUT2D eigenvalue weighted by Crippen LogP contribution is -2.13. The van der Waals surface area contributed by atoms with Crippen LogP contribution in [0.4, 0.5) is 5.82 Å². The van der Waals surface area contributed by atoms with Crippen LogP contribution >= 0.6 is 11.8 Å². The first-order valence-corrected chi connectivity index (χ1v) is 7.89. The van der Waals surface area contributed by atoms with Crippen LogP contribution < -0.4 is 11.3 Å². The van der Waals surface area contributed by atoms with Crippen LogP contribution in [0.3, 0.4) is 0 Å². The van der Waals surface area contributed by atoms with Crippen molar-refractivity contribution in [3.8, 4) is 11.3 Å². The Kier molecular flexibility index (Phi) is 5.38. The predicted molar refractivity (Wildman–Crippen MR) is 86.5 cm³/mol. The molecule has 0 saturated carbocycles. The standard InChI is InChI=1S/C15H20N4S/c1-3-9-20-10-13-17-14(11(2)15(18-13)19-16)12-7-5-4-6-8-12/h4-8H,3,9-10,16H2,1-2H3,(H,17,18,19). The Morgan fingerprint density at radius 1 is 1.20 bits per heavy atom. The molecule has 0 unspecified atom stereocenters.